The lowest BCUT2D eigenvalue weighted by molar-refractivity contribution is -0.121. The summed E-state index contributed by atoms with van der Waals surface area (Å²) in [4.78, 5) is 15.4. The predicted molar refractivity (Wildman–Crippen MR) is 59.8 cm³/mol. The van der Waals surface area contributed by atoms with E-state index in [9.17, 15) is 4.79 Å². The molecule has 0 aliphatic carbocycles. The smallest absolute Gasteiger partial charge is 0.220 e. The third-order valence-corrected chi connectivity index (χ3v) is 2.63. The van der Waals surface area contributed by atoms with E-state index in [1.807, 2.05) is 5.38 Å². The number of amides is 1. The zero-order chi connectivity index (χ0) is 10.9. The maximum Gasteiger partial charge on any atom is 0.220 e. The molecule has 15 heavy (non-hydrogen) atoms. The van der Waals surface area contributed by atoms with Crippen LogP contribution in [0.5, 0.6) is 0 Å². The molecule has 0 saturated heterocycles. The number of aliphatic hydroxyl groups excluding tert-OH is 1. The van der Waals surface area contributed by atoms with Gasteiger partial charge in [0.2, 0.25) is 5.91 Å². The van der Waals surface area contributed by atoms with Crippen molar-refractivity contribution in [3.8, 4) is 0 Å². The number of aliphatic hydroxyl groups is 1. The van der Waals surface area contributed by atoms with Crippen LogP contribution in [0.2, 0.25) is 0 Å². The minimum absolute atomic E-state index is 0.0543. The van der Waals surface area contributed by atoms with Crippen molar-refractivity contribution in [3.05, 3.63) is 16.6 Å². The van der Waals surface area contributed by atoms with Gasteiger partial charge in [0.1, 0.15) is 0 Å². The Balaban J connectivity index is 2.02. The molecule has 0 aliphatic rings. The SMILES string of the molecule is O=C(CCCCO)NCCc1cscn1. The summed E-state index contributed by atoms with van der Waals surface area (Å²) < 4.78 is 0. The van der Waals surface area contributed by atoms with Crippen molar-refractivity contribution in [1.82, 2.24) is 10.3 Å². The molecule has 4 nitrogen and oxygen atoms in total. The van der Waals surface area contributed by atoms with E-state index in [0.717, 1.165) is 18.5 Å². The lowest BCUT2D eigenvalue weighted by Gasteiger charge is -2.03. The van der Waals surface area contributed by atoms with Crippen molar-refractivity contribution in [1.29, 1.82) is 0 Å². The Morgan fingerprint density at radius 3 is 3.07 bits per heavy atom. The number of hydrogen-bond acceptors (Lipinski definition) is 4. The van der Waals surface area contributed by atoms with E-state index in [4.69, 9.17) is 5.11 Å². The largest absolute Gasteiger partial charge is 0.396 e. The zero-order valence-electron chi connectivity index (χ0n) is 8.61. The van der Waals surface area contributed by atoms with Crippen molar-refractivity contribution in [2.75, 3.05) is 13.2 Å². The summed E-state index contributed by atoms with van der Waals surface area (Å²) in [5.74, 6) is 0.0543. The lowest BCUT2D eigenvalue weighted by atomic mass is 10.2. The number of aromatic nitrogens is 1. The minimum atomic E-state index is 0.0543. The normalized spacial score (nSPS) is 10.2. The molecule has 0 radical (unpaired) electrons. The van der Waals surface area contributed by atoms with Gasteiger partial charge in [0.15, 0.2) is 0 Å². The molecule has 0 unspecified atom stereocenters. The molecule has 0 aromatic carbocycles. The van der Waals surface area contributed by atoms with Crippen LogP contribution in [0.4, 0.5) is 0 Å². The molecule has 1 rings (SSSR count). The molecular weight excluding hydrogens is 212 g/mol. The van der Waals surface area contributed by atoms with Crippen molar-refractivity contribution < 1.29 is 9.90 Å². The van der Waals surface area contributed by atoms with Gasteiger partial charge in [-0.15, -0.1) is 11.3 Å². The summed E-state index contributed by atoms with van der Waals surface area (Å²) in [6, 6.07) is 0. The van der Waals surface area contributed by atoms with E-state index < -0.39 is 0 Å². The third kappa shape index (κ3) is 5.49. The minimum Gasteiger partial charge on any atom is -0.396 e. The van der Waals surface area contributed by atoms with Gasteiger partial charge in [-0.1, -0.05) is 0 Å². The molecule has 0 fully saturated rings. The van der Waals surface area contributed by atoms with E-state index in [-0.39, 0.29) is 12.5 Å². The predicted octanol–water partition coefficient (Wildman–Crippen LogP) is 0.964. The number of carbonyl (C=O) groups excluding carboxylic acids is 1. The summed E-state index contributed by atoms with van der Waals surface area (Å²) in [7, 11) is 0. The fourth-order valence-electron chi connectivity index (χ4n) is 1.18. The van der Waals surface area contributed by atoms with Gasteiger partial charge in [0, 0.05) is 31.4 Å². The van der Waals surface area contributed by atoms with Crippen LogP contribution in [0.1, 0.15) is 25.0 Å². The number of unbranched alkanes of at least 4 members (excludes halogenated alkanes) is 1. The second kappa shape index (κ2) is 7.36. The first-order valence-corrected chi connectivity index (χ1v) is 6.02. The summed E-state index contributed by atoms with van der Waals surface area (Å²) in [6.45, 7) is 0.799. The highest BCUT2D eigenvalue weighted by molar-refractivity contribution is 7.07. The van der Waals surface area contributed by atoms with Crippen molar-refractivity contribution >= 4 is 17.2 Å². The number of rotatable bonds is 7. The van der Waals surface area contributed by atoms with Crippen molar-refractivity contribution in [2.45, 2.75) is 25.7 Å². The van der Waals surface area contributed by atoms with Gasteiger partial charge in [-0.25, -0.2) is 4.98 Å². The Morgan fingerprint density at radius 1 is 1.53 bits per heavy atom. The molecule has 1 heterocycles. The van der Waals surface area contributed by atoms with Crippen LogP contribution in [0.3, 0.4) is 0 Å². The average molecular weight is 228 g/mol. The van der Waals surface area contributed by atoms with Crippen LogP contribution >= 0.6 is 11.3 Å². The second-order valence-corrected chi connectivity index (χ2v) is 3.98. The van der Waals surface area contributed by atoms with E-state index in [2.05, 4.69) is 10.3 Å². The number of thiazole rings is 1. The first-order valence-electron chi connectivity index (χ1n) is 5.07. The summed E-state index contributed by atoms with van der Waals surface area (Å²) in [5.41, 5.74) is 2.81. The van der Waals surface area contributed by atoms with Gasteiger partial charge in [-0.3, -0.25) is 4.79 Å². The highest BCUT2D eigenvalue weighted by atomic mass is 32.1. The Morgan fingerprint density at radius 2 is 2.40 bits per heavy atom. The van der Waals surface area contributed by atoms with Gasteiger partial charge < -0.3 is 10.4 Å². The maximum absolute atomic E-state index is 11.2. The topological polar surface area (TPSA) is 62.2 Å². The molecule has 84 valence electrons. The monoisotopic (exact) mass is 228 g/mol. The van der Waals surface area contributed by atoms with Gasteiger partial charge >= 0.3 is 0 Å². The van der Waals surface area contributed by atoms with Crippen molar-refractivity contribution in [2.24, 2.45) is 0 Å². The molecule has 0 aliphatic heterocycles. The number of nitrogens with one attached hydrogen (secondary N) is 1. The molecule has 0 bridgehead atoms. The van der Waals surface area contributed by atoms with E-state index in [0.29, 0.717) is 19.4 Å². The average Bonchev–Trinajstić information content (AvgIpc) is 2.71. The zero-order valence-corrected chi connectivity index (χ0v) is 9.42. The number of carbonyl (C=O) groups is 1. The molecule has 0 atom stereocenters. The molecule has 1 aromatic heterocycles. The number of hydrogen-bond donors (Lipinski definition) is 2. The molecule has 0 spiro atoms. The summed E-state index contributed by atoms with van der Waals surface area (Å²) in [5, 5.41) is 13.3. The molecule has 0 saturated carbocycles. The molecule has 2 N–H and O–H groups in total. The third-order valence-electron chi connectivity index (χ3n) is 2.00. The van der Waals surface area contributed by atoms with Crippen LogP contribution in [-0.4, -0.2) is 29.1 Å². The summed E-state index contributed by atoms with van der Waals surface area (Å²) in [6.07, 6.45) is 2.73. The molecule has 1 amide bonds. The Bertz CT molecular complexity index is 275. The van der Waals surface area contributed by atoms with Crippen LogP contribution < -0.4 is 5.32 Å². The fourth-order valence-corrected chi connectivity index (χ4v) is 1.77. The van der Waals surface area contributed by atoms with E-state index in [1.165, 1.54) is 0 Å². The quantitative estimate of drug-likeness (QED) is 0.683. The fraction of sp³-hybridized carbons (Fsp3) is 0.600. The van der Waals surface area contributed by atoms with Crippen LogP contribution in [0.15, 0.2) is 10.9 Å². The first-order chi connectivity index (χ1) is 7.33. The molecular formula is C10H16N2O2S. The van der Waals surface area contributed by atoms with E-state index in [1.54, 1.807) is 16.8 Å². The molecule has 1 aromatic rings. The van der Waals surface area contributed by atoms with Crippen molar-refractivity contribution in [3.63, 3.8) is 0 Å². The Kier molecular flexibility index (Phi) is 5.96. The second-order valence-electron chi connectivity index (χ2n) is 3.26. The standard InChI is InChI=1S/C10H16N2O2S/c13-6-2-1-3-10(14)11-5-4-9-7-15-8-12-9/h7-8,13H,1-6H2,(H,11,14). The first kappa shape index (κ1) is 12.1. The Hall–Kier alpha value is -0.940. The Labute approximate surface area is 93.4 Å². The van der Waals surface area contributed by atoms with Crippen LogP contribution in [0, 0.1) is 0 Å². The van der Waals surface area contributed by atoms with Gasteiger partial charge in [-0.05, 0) is 12.8 Å². The highest BCUT2D eigenvalue weighted by Gasteiger charge is 2.00. The summed E-state index contributed by atoms with van der Waals surface area (Å²) >= 11 is 1.56. The van der Waals surface area contributed by atoms with Crippen LogP contribution in [-0.2, 0) is 11.2 Å². The van der Waals surface area contributed by atoms with Gasteiger partial charge in [-0.2, -0.15) is 0 Å². The number of nitrogens with zero attached hydrogens (tertiary/aromatic N) is 1. The lowest BCUT2D eigenvalue weighted by Crippen LogP contribution is -2.25. The molecule has 5 heteroatoms. The van der Waals surface area contributed by atoms with Gasteiger partial charge in [0.05, 0.1) is 11.2 Å². The van der Waals surface area contributed by atoms with Crippen LogP contribution in [0.25, 0.3) is 0 Å². The van der Waals surface area contributed by atoms with Gasteiger partial charge in [0.25, 0.3) is 0 Å². The highest BCUT2D eigenvalue weighted by Crippen LogP contribution is 2.00. The van der Waals surface area contributed by atoms with E-state index >= 15 is 0 Å². The maximum atomic E-state index is 11.2.